The van der Waals surface area contributed by atoms with Crippen LogP contribution < -0.4 is 0 Å². The first-order valence-electron chi connectivity index (χ1n) is 30.5. The zero-order valence-electron chi connectivity index (χ0n) is 48.1. The van der Waals surface area contributed by atoms with Crippen molar-refractivity contribution in [2.24, 2.45) is 0 Å². The van der Waals surface area contributed by atoms with E-state index in [4.69, 9.17) is 14.2 Å². The maximum Gasteiger partial charge on any atom is 0.306 e. The van der Waals surface area contributed by atoms with Crippen molar-refractivity contribution in [3.8, 4) is 0 Å². The van der Waals surface area contributed by atoms with Gasteiger partial charge in [0.25, 0.3) is 0 Å². The van der Waals surface area contributed by atoms with Gasteiger partial charge in [0.2, 0.25) is 0 Å². The second kappa shape index (κ2) is 61.4. The first-order valence-corrected chi connectivity index (χ1v) is 30.5. The molecule has 0 amide bonds. The average Bonchev–Trinajstić information content (AvgIpc) is 3.40. The fraction of sp³-hybridized carbons (Fsp3) is 0.662. The van der Waals surface area contributed by atoms with E-state index in [1.165, 1.54) is 89.9 Å². The minimum absolute atomic E-state index is 0.0932. The number of rotatable bonds is 54. The Morgan fingerprint density at radius 2 is 0.554 bits per heavy atom. The summed E-state index contributed by atoms with van der Waals surface area (Å²) >= 11 is 0. The van der Waals surface area contributed by atoms with Crippen molar-refractivity contribution in [2.75, 3.05) is 13.2 Å². The summed E-state index contributed by atoms with van der Waals surface area (Å²) in [6.45, 7) is 6.43. The molecule has 0 spiro atoms. The van der Waals surface area contributed by atoms with Crippen molar-refractivity contribution in [1.29, 1.82) is 0 Å². The molecule has 6 heteroatoms. The van der Waals surface area contributed by atoms with Crippen LogP contribution in [0.2, 0.25) is 0 Å². The zero-order chi connectivity index (χ0) is 53.6. The van der Waals surface area contributed by atoms with Crippen LogP contribution in [0.4, 0.5) is 0 Å². The van der Waals surface area contributed by atoms with Crippen LogP contribution >= 0.6 is 0 Å². The highest BCUT2D eigenvalue weighted by Crippen LogP contribution is 2.15. The predicted molar refractivity (Wildman–Crippen MR) is 320 cm³/mol. The van der Waals surface area contributed by atoms with Gasteiger partial charge in [0, 0.05) is 19.3 Å². The van der Waals surface area contributed by atoms with Crippen molar-refractivity contribution in [2.45, 2.75) is 277 Å². The number of carbonyl (C=O) groups excluding carboxylic acids is 3. The normalized spacial score (nSPS) is 13.0. The van der Waals surface area contributed by atoms with E-state index in [-0.39, 0.29) is 31.1 Å². The lowest BCUT2D eigenvalue weighted by Gasteiger charge is -2.18. The van der Waals surface area contributed by atoms with Crippen LogP contribution in [0.5, 0.6) is 0 Å². The maximum absolute atomic E-state index is 12.8. The molecule has 0 heterocycles. The van der Waals surface area contributed by atoms with E-state index in [9.17, 15) is 14.4 Å². The third-order valence-electron chi connectivity index (χ3n) is 12.7. The van der Waals surface area contributed by atoms with Crippen LogP contribution in [0.25, 0.3) is 0 Å². The fourth-order valence-electron chi connectivity index (χ4n) is 8.14. The standard InChI is InChI=1S/C68H112O6/c1-4-7-10-13-16-19-22-24-26-27-28-29-30-31-32-33-34-35-36-37-38-39-40-41-43-44-46-49-52-55-58-61-67(70)73-64-65(63-72-66(69)60-57-54-51-48-21-18-15-12-9-6-3)74-68(71)62-59-56-53-50-47-45-42-25-23-20-17-14-11-8-5-2/h7,10,12,15-16,19,24,26,28-29,31-32,34-35,37-38,40-41,44,46,65H,4-6,8-9,11,13-14,17-18,20-23,25,27,30,33,36,39,42-43,45,47-64H2,1-3H3/b10-7-,15-12-,19-16-,26-24-,29-28-,32-31-,35-34-,38-37-,41-40-,46-44-. The fourth-order valence-corrected chi connectivity index (χ4v) is 8.14. The van der Waals surface area contributed by atoms with Gasteiger partial charge in [-0.05, 0) is 109 Å². The summed E-state index contributed by atoms with van der Waals surface area (Å²) in [6.07, 6.45) is 84.9. The second-order valence-corrected chi connectivity index (χ2v) is 19.9. The minimum atomic E-state index is -0.795. The highest BCUT2D eigenvalue weighted by atomic mass is 16.6. The molecular formula is C68H112O6. The molecule has 0 saturated carbocycles. The van der Waals surface area contributed by atoms with Gasteiger partial charge in [0.05, 0.1) is 0 Å². The highest BCUT2D eigenvalue weighted by molar-refractivity contribution is 5.71. The van der Waals surface area contributed by atoms with Crippen LogP contribution in [-0.2, 0) is 28.6 Å². The number of hydrogen-bond donors (Lipinski definition) is 0. The quantitative estimate of drug-likeness (QED) is 0.0261. The third-order valence-corrected chi connectivity index (χ3v) is 12.7. The van der Waals surface area contributed by atoms with Gasteiger partial charge in [0.1, 0.15) is 13.2 Å². The molecule has 0 N–H and O–H groups in total. The van der Waals surface area contributed by atoms with Gasteiger partial charge in [-0.2, -0.15) is 0 Å². The monoisotopic (exact) mass is 1020 g/mol. The second-order valence-electron chi connectivity index (χ2n) is 19.9. The van der Waals surface area contributed by atoms with Gasteiger partial charge < -0.3 is 14.2 Å². The molecule has 1 unspecified atom stereocenters. The first-order chi connectivity index (χ1) is 36.5. The summed E-state index contributed by atoms with van der Waals surface area (Å²) in [5.41, 5.74) is 0. The van der Waals surface area contributed by atoms with E-state index in [0.717, 1.165) is 141 Å². The van der Waals surface area contributed by atoms with Crippen LogP contribution in [0.1, 0.15) is 271 Å². The van der Waals surface area contributed by atoms with Gasteiger partial charge in [-0.15, -0.1) is 0 Å². The molecule has 0 aromatic heterocycles. The summed E-state index contributed by atoms with van der Waals surface area (Å²) in [6, 6.07) is 0. The van der Waals surface area contributed by atoms with Gasteiger partial charge >= 0.3 is 17.9 Å². The lowest BCUT2D eigenvalue weighted by atomic mass is 10.0. The molecule has 0 aromatic carbocycles. The Hall–Kier alpha value is -4.19. The van der Waals surface area contributed by atoms with Crippen molar-refractivity contribution in [1.82, 2.24) is 0 Å². The van der Waals surface area contributed by atoms with E-state index >= 15 is 0 Å². The summed E-state index contributed by atoms with van der Waals surface area (Å²) < 4.78 is 16.8. The molecular weight excluding hydrogens is 913 g/mol. The van der Waals surface area contributed by atoms with Gasteiger partial charge in [-0.25, -0.2) is 0 Å². The summed E-state index contributed by atoms with van der Waals surface area (Å²) in [5, 5.41) is 0. The molecule has 0 aliphatic carbocycles. The summed E-state index contributed by atoms with van der Waals surface area (Å²) in [5.74, 6) is -0.935. The van der Waals surface area contributed by atoms with Crippen LogP contribution in [0, 0.1) is 0 Å². The molecule has 0 aromatic rings. The van der Waals surface area contributed by atoms with Crippen molar-refractivity contribution >= 4 is 17.9 Å². The topological polar surface area (TPSA) is 78.9 Å². The summed E-state index contributed by atoms with van der Waals surface area (Å²) in [7, 11) is 0. The van der Waals surface area contributed by atoms with Crippen molar-refractivity contribution < 1.29 is 28.6 Å². The molecule has 0 bridgehead atoms. The Morgan fingerprint density at radius 1 is 0.284 bits per heavy atom. The maximum atomic E-state index is 12.8. The number of unbranched alkanes of at least 4 members (excludes halogenated alkanes) is 23. The molecule has 0 aliphatic heterocycles. The zero-order valence-corrected chi connectivity index (χ0v) is 48.1. The molecule has 0 fully saturated rings. The third kappa shape index (κ3) is 58.7. The van der Waals surface area contributed by atoms with Crippen LogP contribution in [0.15, 0.2) is 122 Å². The van der Waals surface area contributed by atoms with Crippen LogP contribution in [0.3, 0.4) is 0 Å². The molecule has 6 nitrogen and oxygen atoms in total. The van der Waals surface area contributed by atoms with Crippen molar-refractivity contribution in [3.63, 3.8) is 0 Å². The number of ether oxygens (including phenoxy) is 3. The highest BCUT2D eigenvalue weighted by Gasteiger charge is 2.19. The Balaban J connectivity index is 4.31. The van der Waals surface area contributed by atoms with Crippen LogP contribution in [-0.4, -0.2) is 37.2 Å². The number of esters is 3. The van der Waals surface area contributed by atoms with E-state index in [0.29, 0.717) is 19.3 Å². The summed E-state index contributed by atoms with van der Waals surface area (Å²) in [4.78, 5) is 38.1. The number of allylic oxidation sites excluding steroid dienone is 20. The Kier molecular flexibility index (Phi) is 57.9. The molecule has 74 heavy (non-hydrogen) atoms. The molecule has 420 valence electrons. The smallest absolute Gasteiger partial charge is 0.306 e. The lowest BCUT2D eigenvalue weighted by Crippen LogP contribution is -2.30. The SMILES string of the molecule is CC/C=C\C/C=C\C/C=C\C/C=C\C/C=C\C/C=C\C/C=C\C/C=C\C/C=C\CCCCCC(=O)OCC(COC(=O)CCCCCCC/C=C\CCC)OC(=O)CCCCCCCCCCCCCCCCC. The molecule has 1 atom stereocenters. The van der Waals surface area contributed by atoms with Gasteiger partial charge in [-0.3, -0.25) is 14.4 Å². The van der Waals surface area contributed by atoms with E-state index < -0.39 is 6.10 Å². The molecule has 0 aliphatic rings. The first kappa shape index (κ1) is 69.8. The minimum Gasteiger partial charge on any atom is -0.462 e. The van der Waals surface area contributed by atoms with E-state index in [1.807, 2.05) is 0 Å². The van der Waals surface area contributed by atoms with E-state index in [1.54, 1.807) is 0 Å². The molecule has 0 saturated heterocycles. The predicted octanol–water partition coefficient (Wildman–Crippen LogP) is 20.8. The Labute approximate surface area is 456 Å². The number of hydrogen-bond acceptors (Lipinski definition) is 6. The largest absolute Gasteiger partial charge is 0.462 e. The number of carbonyl (C=O) groups is 3. The average molecular weight is 1030 g/mol. The Morgan fingerprint density at radius 3 is 0.905 bits per heavy atom. The van der Waals surface area contributed by atoms with E-state index in [2.05, 4.69) is 142 Å². The Bertz CT molecular complexity index is 1550. The lowest BCUT2D eigenvalue weighted by molar-refractivity contribution is -0.167. The van der Waals surface area contributed by atoms with Gasteiger partial charge in [0.15, 0.2) is 6.10 Å². The van der Waals surface area contributed by atoms with Gasteiger partial charge in [-0.1, -0.05) is 264 Å². The molecule has 0 radical (unpaired) electrons. The molecule has 0 rings (SSSR count). The van der Waals surface area contributed by atoms with Crippen molar-refractivity contribution in [3.05, 3.63) is 122 Å².